The molecule has 0 aliphatic heterocycles. The third-order valence-corrected chi connectivity index (χ3v) is 2.96. The molecule has 1 rings (SSSR count). The first-order valence-electron chi connectivity index (χ1n) is 6.97. The molecule has 0 bridgehead atoms. The van der Waals surface area contributed by atoms with Crippen LogP contribution in [0.2, 0.25) is 0 Å². The van der Waals surface area contributed by atoms with Crippen LogP contribution >= 0.6 is 0 Å². The Morgan fingerprint density at radius 3 is 2.57 bits per heavy atom. The van der Waals surface area contributed by atoms with Gasteiger partial charge in [-0.3, -0.25) is 4.79 Å². The molecule has 0 aliphatic rings. The van der Waals surface area contributed by atoms with E-state index in [9.17, 15) is 14.0 Å². The highest BCUT2D eigenvalue weighted by Crippen LogP contribution is 2.06. The van der Waals surface area contributed by atoms with E-state index in [-0.39, 0.29) is 18.1 Å². The Morgan fingerprint density at radius 1 is 1.33 bits per heavy atom. The zero-order chi connectivity index (χ0) is 15.7. The minimum atomic E-state index is -1.01. The summed E-state index contributed by atoms with van der Waals surface area (Å²) in [5.41, 5.74) is 0.782. The minimum Gasteiger partial charge on any atom is -0.480 e. The van der Waals surface area contributed by atoms with Gasteiger partial charge in [0, 0.05) is 6.42 Å². The maximum absolute atomic E-state index is 12.7. The van der Waals surface area contributed by atoms with E-state index in [0.717, 1.165) is 18.4 Å². The van der Waals surface area contributed by atoms with E-state index in [0.29, 0.717) is 6.42 Å². The van der Waals surface area contributed by atoms with Crippen molar-refractivity contribution in [2.24, 2.45) is 0 Å². The number of nitrogens with one attached hydrogen (secondary N) is 1. The maximum Gasteiger partial charge on any atom is 0.326 e. The minimum absolute atomic E-state index is 0.0906. The monoisotopic (exact) mass is 293 g/mol. The van der Waals surface area contributed by atoms with Gasteiger partial charge >= 0.3 is 5.97 Å². The molecule has 0 spiro atoms. The van der Waals surface area contributed by atoms with Gasteiger partial charge in [-0.15, -0.1) is 0 Å². The lowest BCUT2D eigenvalue weighted by atomic mass is 10.1. The SMILES string of the molecule is CCCCC(NC(=O)C/C=C/c1ccc(F)cc1)C(=O)O. The van der Waals surface area contributed by atoms with Crippen molar-refractivity contribution in [2.45, 2.75) is 38.6 Å². The summed E-state index contributed by atoms with van der Waals surface area (Å²) in [6.07, 6.45) is 5.47. The summed E-state index contributed by atoms with van der Waals surface area (Å²) in [5, 5.41) is 11.5. The highest BCUT2D eigenvalue weighted by atomic mass is 19.1. The highest BCUT2D eigenvalue weighted by molar-refractivity contribution is 5.84. The van der Waals surface area contributed by atoms with Gasteiger partial charge in [0.1, 0.15) is 11.9 Å². The molecule has 0 aromatic heterocycles. The summed E-state index contributed by atoms with van der Waals surface area (Å²) >= 11 is 0. The van der Waals surface area contributed by atoms with Crippen molar-refractivity contribution < 1.29 is 19.1 Å². The van der Waals surface area contributed by atoms with Gasteiger partial charge in [0.25, 0.3) is 0 Å². The first-order chi connectivity index (χ1) is 10.0. The van der Waals surface area contributed by atoms with Gasteiger partial charge in [-0.05, 0) is 24.1 Å². The first-order valence-corrected chi connectivity index (χ1v) is 6.97. The Balaban J connectivity index is 2.45. The topological polar surface area (TPSA) is 66.4 Å². The largest absolute Gasteiger partial charge is 0.480 e. The molecule has 114 valence electrons. The molecule has 2 N–H and O–H groups in total. The lowest BCUT2D eigenvalue weighted by Gasteiger charge is -2.13. The number of hydrogen-bond acceptors (Lipinski definition) is 2. The third kappa shape index (κ3) is 6.70. The second kappa shape index (κ2) is 8.89. The van der Waals surface area contributed by atoms with Crippen molar-refractivity contribution in [2.75, 3.05) is 0 Å². The summed E-state index contributed by atoms with van der Waals surface area (Å²) < 4.78 is 12.7. The Labute approximate surface area is 123 Å². The molecule has 1 aromatic rings. The molecular weight excluding hydrogens is 273 g/mol. The average Bonchev–Trinajstić information content (AvgIpc) is 2.45. The van der Waals surface area contributed by atoms with Crippen LogP contribution in [-0.2, 0) is 9.59 Å². The normalized spacial score (nSPS) is 12.3. The van der Waals surface area contributed by atoms with Crippen LogP contribution in [0.3, 0.4) is 0 Å². The number of hydrogen-bond donors (Lipinski definition) is 2. The van der Waals surface area contributed by atoms with E-state index in [4.69, 9.17) is 5.11 Å². The zero-order valence-corrected chi connectivity index (χ0v) is 12.0. The van der Waals surface area contributed by atoms with Gasteiger partial charge in [0.05, 0.1) is 0 Å². The van der Waals surface area contributed by atoms with Crippen LogP contribution < -0.4 is 5.32 Å². The van der Waals surface area contributed by atoms with E-state index in [1.165, 1.54) is 12.1 Å². The predicted octanol–water partition coefficient (Wildman–Crippen LogP) is 2.99. The van der Waals surface area contributed by atoms with Crippen LogP contribution in [0.1, 0.15) is 38.2 Å². The molecule has 1 amide bonds. The molecule has 0 aliphatic carbocycles. The van der Waals surface area contributed by atoms with Crippen molar-refractivity contribution in [1.29, 1.82) is 0 Å². The maximum atomic E-state index is 12.7. The van der Waals surface area contributed by atoms with Crippen LogP contribution in [0.15, 0.2) is 30.3 Å². The number of carboxylic acid groups (broad SMARTS) is 1. The Kier molecular flexibility index (Phi) is 7.15. The van der Waals surface area contributed by atoms with Gasteiger partial charge in [-0.25, -0.2) is 9.18 Å². The van der Waals surface area contributed by atoms with Crippen LogP contribution in [-0.4, -0.2) is 23.0 Å². The van der Waals surface area contributed by atoms with E-state index in [2.05, 4.69) is 5.32 Å². The lowest BCUT2D eigenvalue weighted by Crippen LogP contribution is -2.40. The molecule has 1 aromatic carbocycles. The van der Waals surface area contributed by atoms with Crippen molar-refractivity contribution in [3.05, 3.63) is 41.7 Å². The summed E-state index contributed by atoms with van der Waals surface area (Å²) in [5.74, 6) is -1.67. The summed E-state index contributed by atoms with van der Waals surface area (Å²) in [6.45, 7) is 1.96. The van der Waals surface area contributed by atoms with E-state index >= 15 is 0 Å². The van der Waals surface area contributed by atoms with Gasteiger partial charge in [-0.1, -0.05) is 44.1 Å². The van der Waals surface area contributed by atoms with Gasteiger partial charge < -0.3 is 10.4 Å². The zero-order valence-electron chi connectivity index (χ0n) is 12.0. The quantitative estimate of drug-likeness (QED) is 0.774. The lowest BCUT2D eigenvalue weighted by molar-refractivity contribution is -0.141. The van der Waals surface area contributed by atoms with Gasteiger partial charge in [0.2, 0.25) is 5.91 Å². The number of amides is 1. The van der Waals surface area contributed by atoms with E-state index in [1.54, 1.807) is 24.3 Å². The number of carbonyl (C=O) groups excluding carboxylic acids is 1. The molecule has 1 atom stereocenters. The van der Waals surface area contributed by atoms with Crippen LogP contribution in [0.5, 0.6) is 0 Å². The summed E-state index contributed by atoms with van der Waals surface area (Å²) in [6, 6.07) is 5.04. The molecule has 5 heteroatoms. The molecule has 0 radical (unpaired) electrons. The molecule has 4 nitrogen and oxygen atoms in total. The fraction of sp³-hybridized carbons (Fsp3) is 0.375. The number of benzene rings is 1. The molecule has 0 saturated heterocycles. The smallest absolute Gasteiger partial charge is 0.326 e. The van der Waals surface area contributed by atoms with Gasteiger partial charge in [0.15, 0.2) is 0 Å². The van der Waals surface area contributed by atoms with Crippen molar-refractivity contribution in [3.63, 3.8) is 0 Å². The third-order valence-electron chi connectivity index (χ3n) is 2.96. The number of aliphatic carboxylic acids is 1. The van der Waals surface area contributed by atoms with Crippen molar-refractivity contribution in [3.8, 4) is 0 Å². The second-order valence-corrected chi connectivity index (χ2v) is 4.76. The Bertz CT molecular complexity index is 497. The van der Waals surface area contributed by atoms with E-state index in [1.807, 2.05) is 6.92 Å². The number of rotatable bonds is 8. The second-order valence-electron chi connectivity index (χ2n) is 4.76. The van der Waals surface area contributed by atoms with Crippen LogP contribution in [0.4, 0.5) is 4.39 Å². The van der Waals surface area contributed by atoms with Crippen LogP contribution in [0, 0.1) is 5.82 Å². The Morgan fingerprint density at radius 2 is 2.00 bits per heavy atom. The fourth-order valence-corrected chi connectivity index (χ4v) is 1.79. The number of carbonyl (C=O) groups is 2. The highest BCUT2D eigenvalue weighted by Gasteiger charge is 2.18. The first kappa shape index (κ1) is 16.9. The molecule has 0 saturated carbocycles. The number of unbranched alkanes of at least 4 members (excludes halogenated alkanes) is 1. The number of carboxylic acids is 1. The summed E-state index contributed by atoms with van der Waals surface area (Å²) in [4.78, 5) is 22.7. The predicted molar refractivity (Wildman–Crippen MR) is 79.1 cm³/mol. The molecule has 1 unspecified atom stereocenters. The van der Waals surface area contributed by atoms with E-state index < -0.39 is 12.0 Å². The van der Waals surface area contributed by atoms with Crippen LogP contribution in [0.25, 0.3) is 6.08 Å². The van der Waals surface area contributed by atoms with Crippen molar-refractivity contribution in [1.82, 2.24) is 5.32 Å². The summed E-state index contributed by atoms with van der Waals surface area (Å²) in [7, 11) is 0. The standard InChI is InChI=1S/C16H20FNO3/c1-2-3-6-14(16(20)21)18-15(19)7-4-5-12-8-10-13(17)11-9-12/h4-5,8-11,14H,2-3,6-7H2,1H3,(H,18,19)(H,20,21)/b5-4+. The average molecular weight is 293 g/mol. The Hall–Kier alpha value is -2.17. The molecule has 21 heavy (non-hydrogen) atoms. The van der Waals surface area contributed by atoms with Gasteiger partial charge in [-0.2, -0.15) is 0 Å². The molecular formula is C16H20FNO3. The molecule has 0 fully saturated rings. The van der Waals surface area contributed by atoms with Crippen molar-refractivity contribution >= 4 is 18.0 Å². The fourth-order valence-electron chi connectivity index (χ4n) is 1.79. The molecule has 0 heterocycles. The number of halogens is 1.